The predicted molar refractivity (Wildman–Crippen MR) is 114 cm³/mol. The molecule has 0 atom stereocenters. The van der Waals surface area contributed by atoms with Crippen LogP contribution in [0.1, 0.15) is 55.5 Å². The van der Waals surface area contributed by atoms with Crippen molar-refractivity contribution in [1.29, 1.82) is 0 Å². The molecule has 5 nitrogen and oxygen atoms in total. The van der Waals surface area contributed by atoms with E-state index in [1.165, 1.54) is 22.3 Å². The minimum atomic E-state index is 0.407. The van der Waals surface area contributed by atoms with Crippen molar-refractivity contribution in [3.8, 4) is 0 Å². The van der Waals surface area contributed by atoms with Crippen LogP contribution < -0.4 is 16.5 Å². The standard InChI is InChI=1S/C22H30N4O/c1-5-14-15(6-2)19(23)10-9-18(14)22-25-26(13-27-22)21-12-11-20(24)16(7-3)17(21)8-4/h9-12H,5-8,13,23-24H2,1-4H3. The second kappa shape index (κ2) is 7.91. The Morgan fingerprint density at radius 2 is 1.37 bits per heavy atom. The van der Waals surface area contributed by atoms with E-state index in [0.29, 0.717) is 12.6 Å². The van der Waals surface area contributed by atoms with Gasteiger partial charge in [-0.3, -0.25) is 0 Å². The average molecular weight is 367 g/mol. The van der Waals surface area contributed by atoms with Crippen molar-refractivity contribution in [1.82, 2.24) is 0 Å². The van der Waals surface area contributed by atoms with Gasteiger partial charge in [0.2, 0.25) is 5.90 Å². The third-order valence-corrected chi connectivity index (χ3v) is 5.37. The maximum absolute atomic E-state index is 6.18. The second-order valence-electron chi connectivity index (χ2n) is 6.78. The molecule has 1 aliphatic rings. The van der Waals surface area contributed by atoms with Crippen LogP contribution in [-0.2, 0) is 30.4 Å². The Balaban J connectivity index is 2.04. The molecule has 3 rings (SSSR count). The Kier molecular flexibility index (Phi) is 5.59. The summed E-state index contributed by atoms with van der Waals surface area (Å²) in [6.07, 6.45) is 3.62. The summed E-state index contributed by atoms with van der Waals surface area (Å²) in [6, 6.07) is 8.00. The van der Waals surface area contributed by atoms with E-state index in [-0.39, 0.29) is 0 Å². The van der Waals surface area contributed by atoms with Gasteiger partial charge in [-0.05, 0) is 72.2 Å². The first-order valence-corrected chi connectivity index (χ1v) is 9.85. The van der Waals surface area contributed by atoms with E-state index < -0.39 is 0 Å². The van der Waals surface area contributed by atoms with E-state index in [9.17, 15) is 0 Å². The van der Waals surface area contributed by atoms with E-state index in [1.807, 2.05) is 29.3 Å². The molecule has 0 saturated carbocycles. The molecule has 2 aromatic rings. The van der Waals surface area contributed by atoms with Crippen molar-refractivity contribution in [2.75, 3.05) is 23.2 Å². The van der Waals surface area contributed by atoms with Crippen molar-refractivity contribution >= 4 is 23.0 Å². The van der Waals surface area contributed by atoms with Gasteiger partial charge in [0.05, 0.1) is 5.69 Å². The van der Waals surface area contributed by atoms with Gasteiger partial charge in [0.25, 0.3) is 0 Å². The Hall–Kier alpha value is -2.69. The van der Waals surface area contributed by atoms with Crippen molar-refractivity contribution in [3.63, 3.8) is 0 Å². The van der Waals surface area contributed by atoms with E-state index in [4.69, 9.17) is 21.3 Å². The van der Waals surface area contributed by atoms with E-state index in [0.717, 1.165) is 48.3 Å². The monoisotopic (exact) mass is 366 g/mol. The third-order valence-electron chi connectivity index (χ3n) is 5.37. The number of ether oxygens (including phenoxy) is 1. The normalized spacial score (nSPS) is 13.6. The molecule has 0 amide bonds. The lowest BCUT2D eigenvalue weighted by Crippen LogP contribution is -2.16. The highest BCUT2D eigenvalue weighted by Gasteiger charge is 2.24. The molecule has 1 heterocycles. The molecule has 144 valence electrons. The Labute approximate surface area is 162 Å². The number of hydrogen-bond donors (Lipinski definition) is 2. The van der Waals surface area contributed by atoms with Gasteiger partial charge >= 0.3 is 0 Å². The smallest absolute Gasteiger partial charge is 0.240 e. The van der Waals surface area contributed by atoms with Crippen molar-refractivity contribution in [2.45, 2.75) is 53.4 Å². The minimum absolute atomic E-state index is 0.407. The zero-order chi connectivity index (χ0) is 19.6. The molecule has 0 saturated heterocycles. The van der Waals surface area contributed by atoms with Gasteiger partial charge in [-0.25, -0.2) is 5.01 Å². The van der Waals surface area contributed by atoms with E-state index >= 15 is 0 Å². The quantitative estimate of drug-likeness (QED) is 0.749. The van der Waals surface area contributed by atoms with Crippen LogP contribution in [0.3, 0.4) is 0 Å². The number of benzene rings is 2. The van der Waals surface area contributed by atoms with Crippen molar-refractivity contribution < 1.29 is 4.74 Å². The summed E-state index contributed by atoms with van der Waals surface area (Å²) < 4.78 is 6.00. The largest absolute Gasteiger partial charge is 0.453 e. The first-order valence-electron chi connectivity index (χ1n) is 9.85. The van der Waals surface area contributed by atoms with Crippen LogP contribution in [0.2, 0.25) is 0 Å². The molecule has 27 heavy (non-hydrogen) atoms. The highest BCUT2D eigenvalue weighted by molar-refractivity contribution is 5.98. The Morgan fingerprint density at radius 3 is 1.96 bits per heavy atom. The lowest BCUT2D eigenvalue weighted by molar-refractivity contribution is 0.337. The molecule has 0 bridgehead atoms. The molecule has 5 heteroatoms. The molecule has 0 spiro atoms. The molecule has 0 unspecified atom stereocenters. The maximum atomic E-state index is 6.18. The topological polar surface area (TPSA) is 76.9 Å². The fraction of sp³-hybridized carbons (Fsp3) is 0.409. The van der Waals surface area contributed by atoms with Gasteiger partial charge < -0.3 is 16.2 Å². The van der Waals surface area contributed by atoms with Crippen LogP contribution >= 0.6 is 0 Å². The zero-order valence-electron chi connectivity index (χ0n) is 16.8. The van der Waals surface area contributed by atoms with Crippen LogP contribution in [0.15, 0.2) is 29.4 Å². The fourth-order valence-corrected chi connectivity index (χ4v) is 4.03. The summed E-state index contributed by atoms with van der Waals surface area (Å²) in [4.78, 5) is 0. The first-order chi connectivity index (χ1) is 13.0. The number of hydrogen-bond acceptors (Lipinski definition) is 5. The van der Waals surface area contributed by atoms with Gasteiger partial charge in [0, 0.05) is 16.9 Å². The predicted octanol–water partition coefficient (Wildman–Crippen LogP) is 4.26. The molecular formula is C22H30N4O. The lowest BCUT2D eigenvalue weighted by atomic mass is 9.95. The summed E-state index contributed by atoms with van der Waals surface area (Å²) in [7, 11) is 0. The van der Waals surface area contributed by atoms with E-state index in [1.54, 1.807) is 0 Å². The summed E-state index contributed by atoms with van der Waals surface area (Å²) in [5, 5.41) is 6.74. The molecule has 4 N–H and O–H groups in total. The third kappa shape index (κ3) is 3.34. The number of anilines is 3. The molecule has 0 aliphatic carbocycles. The van der Waals surface area contributed by atoms with E-state index in [2.05, 4.69) is 27.7 Å². The van der Waals surface area contributed by atoms with Crippen LogP contribution in [0.4, 0.5) is 17.1 Å². The summed E-state index contributed by atoms with van der Waals surface area (Å²) in [5.41, 5.74) is 21.0. The van der Waals surface area contributed by atoms with Gasteiger partial charge in [-0.15, -0.1) is 5.10 Å². The van der Waals surface area contributed by atoms with Crippen LogP contribution in [0, 0.1) is 0 Å². The highest BCUT2D eigenvalue weighted by Crippen LogP contribution is 2.32. The van der Waals surface area contributed by atoms with Gasteiger partial charge in [-0.1, -0.05) is 27.7 Å². The van der Waals surface area contributed by atoms with Crippen LogP contribution in [0.25, 0.3) is 0 Å². The second-order valence-corrected chi connectivity index (χ2v) is 6.78. The van der Waals surface area contributed by atoms with Crippen molar-refractivity contribution in [2.24, 2.45) is 5.10 Å². The molecular weight excluding hydrogens is 336 g/mol. The molecule has 0 radical (unpaired) electrons. The zero-order valence-corrected chi connectivity index (χ0v) is 16.8. The summed E-state index contributed by atoms with van der Waals surface area (Å²) in [6.45, 7) is 8.98. The van der Waals surface area contributed by atoms with Crippen LogP contribution in [-0.4, -0.2) is 12.6 Å². The average Bonchev–Trinajstić information content (AvgIpc) is 3.16. The Morgan fingerprint density at radius 1 is 0.815 bits per heavy atom. The molecule has 0 fully saturated rings. The number of rotatable bonds is 6. The highest BCUT2D eigenvalue weighted by atomic mass is 16.5. The number of nitrogens with zero attached hydrogens (tertiary/aromatic N) is 2. The first kappa shape index (κ1) is 19.1. The lowest BCUT2D eigenvalue weighted by Gasteiger charge is -2.19. The molecule has 0 aromatic heterocycles. The van der Waals surface area contributed by atoms with Crippen LogP contribution in [0.5, 0.6) is 0 Å². The SMILES string of the molecule is CCc1c(N)ccc(C2=NN(c3ccc(N)c(CC)c3CC)CO2)c1CC. The van der Waals surface area contributed by atoms with Gasteiger partial charge in [0.15, 0.2) is 6.73 Å². The van der Waals surface area contributed by atoms with Gasteiger partial charge in [0.1, 0.15) is 0 Å². The maximum Gasteiger partial charge on any atom is 0.240 e. The number of hydrazone groups is 1. The summed E-state index contributed by atoms with van der Waals surface area (Å²) in [5.74, 6) is 0.665. The number of nitrogen functional groups attached to an aromatic ring is 2. The Bertz CT molecular complexity index is 873. The molecule has 2 aromatic carbocycles. The number of nitrogens with two attached hydrogens (primary N) is 2. The molecule has 1 aliphatic heterocycles. The van der Waals surface area contributed by atoms with Gasteiger partial charge in [-0.2, -0.15) is 0 Å². The minimum Gasteiger partial charge on any atom is -0.453 e. The fourth-order valence-electron chi connectivity index (χ4n) is 4.03. The summed E-state index contributed by atoms with van der Waals surface area (Å²) >= 11 is 0. The van der Waals surface area contributed by atoms with Crippen molar-refractivity contribution in [3.05, 3.63) is 52.1 Å².